The standard InChI is InChI=1S/C15H23NO4S/c1-12-8-13(2)10-14(9-12)21(18,19)16(3)11-15(17)4-6-20-7-5-15/h8-10,17H,4-7,11H2,1-3H3. The predicted molar refractivity (Wildman–Crippen MR) is 80.7 cm³/mol. The second-order valence-corrected chi connectivity index (χ2v) is 7.97. The molecular weight excluding hydrogens is 290 g/mol. The molecule has 0 saturated carbocycles. The molecular formula is C15H23NO4S. The molecule has 0 spiro atoms. The Bertz CT molecular complexity index is 586. The smallest absolute Gasteiger partial charge is 0.242 e. The van der Waals surface area contributed by atoms with Gasteiger partial charge in [-0.1, -0.05) is 6.07 Å². The van der Waals surface area contributed by atoms with Gasteiger partial charge in [0.1, 0.15) is 0 Å². The molecule has 0 unspecified atom stereocenters. The van der Waals surface area contributed by atoms with E-state index in [4.69, 9.17) is 4.74 Å². The molecule has 118 valence electrons. The molecule has 0 amide bonds. The molecule has 1 N–H and O–H groups in total. The molecule has 1 heterocycles. The van der Waals surface area contributed by atoms with Gasteiger partial charge in [-0.3, -0.25) is 0 Å². The highest BCUT2D eigenvalue weighted by Gasteiger charge is 2.35. The van der Waals surface area contributed by atoms with E-state index in [1.54, 1.807) is 12.1 Å². The van der Waals surface area contributed by atoms with Crippen LogP contribution < -0.4 is 0 Å². The molecule has 0 aromatic heterocycles. The van der Waals surface area contributed by atoms with Crippen molar-refractivity contribution in [2.75, 3.05) is 26.8 Å². The maximum atomic E-state index is 12.6. The maximum Gasteiger partial charge on any atom is 0.242 e. The monoisotopic (exact) mass is 313 g/mol. The lowest BCUT2D eigenvalue weighted by Gasteiger charge is -2.35. The predicted octanol–water partition coefficient (Wildman–Crippen LogP) is 1.47. The molecule has 5 nitrogen and oxygen atoms in total. The van der Waals surface area contributed by atoms with Gasteiger partial charge in [0, 0.05) is 39.6 Å². The van der Waals surface area contributed by atoms with Crippen LogP contribution in [-0.2, 0) is 14.8 Å². The fourth-order valence-electron chi connectivity index (χ4n) is 2.67. The Balaban J connectivity index is 2.22. The fraction of sp³-hybridized carbons (Fsp3) is 0.600. The van der Waals surface area contributed by atoms with E-state index in [0.29, 0.717) is 26.1 Å². The number of ether oxygens (including phenoxy) is 1. The van der Waals surface area contributed by atoms with E-state index in [9.17, 15) is 13.5 Å². The Labute approximate surface area is 126 Å². The topological polar surface area (TPSA) is 66.8 Å². The van der Waals surface area contributed by atoms with E-state index in [2.05, 4.69) is 0 Å². The number of benzene rings is 1. The number of sulfonamides is 1. The Morgan fingerprint density at radius 1 is 1.19 bits per heavy atom. The van der Waals surface area contributed by atoms with E-state index in [1.165, 1.54) is 11.4 Å². The molecule has 1 aromatic rings. The fourth-order valence-corrected chi connectivity index (χ4v) is 4.11. The van der Waals surface area contributed by atoms with Gasteiger partial charge in [0.2, 0.25) is 10.0 Å². The third kappa shape index (κ3) is 3.83. The van der Waals surface area contributed by atoms with E-state index in [1.807, 2.05) is 19.9 Å². The maximum absolute atomic E-state index is 12.6. The zero-order valence-corrected chi connectivity index (χ0v) is 13.6. The number of rotatable bonds is 4. The van der Waals surface area contributed by atoms with Crippen LogP contribution in [0.4, 0.5) is 0 Å². The molecule has 6 heteroatoms. The molecule has 1 fully saturated rings. The average Bonchev–Trinajstić information content (AvgIpc) is 2.37. The molecule has 2 rings (SSSR count). The molecule has 0 atom stereocenters. The van der Waals surface area contributed by atoms with Crippen LogP contribution in [0, 0.1) is 13.8 Å². The van der Waals surface area contributed by atoms with Gasteiger partial charge < -0.3 is 9.84 Å². The van der Waals surface area contributed by atoms with Crippen LogP contribution in [0.5, 0.6) is 0 Å². The molecule has 1 aliphatic rings. The SMILES string of the molecule is Cc1cc(C)cc(S(=O)(=O)N(C)CC2(O)CCOCC2)c1. The summed E-state index contributed by atoms with van der Waals surface area (Å²) in [4.78, 5) is 0.276. The first kappa shape index (κ1) is 16.4. The van der Waals surface area contributed by atoms with Crippen LogP contribution in [0.1, 0.15) is 24.0 Å². The van der Waals surface area contributed by atoms with Crippen molar-refractivity contribution in [3.63, 3.8) is 0 Å². The lowest BCUT2D eigenvalue weighted by atomic mass is 9.95. The van der Waals surface area contributed by atoms with Gasteiger partial charge in [-0.05, 0) is 37.1 Å². The van der Waals surface area contributed by atoms with Crippen LogP contribution >= 0.6 is 0 Å². The number of hydrogen-bond acceptors (Lipinski definition) is 4. The van der Waals surface area contributed by atoms with Crippen molar-refractivity contribution < 1.29 is 18.3 Å². The summed E-state index contributed by atoms with van der Waals surface area (Å²) in [6, 6.07) is 5.25. The summed E-state index contributed by atoms with van der Waals surface area (Å²) in [5, 5.41) is 10.5. The van der Waals surface area contributed by atoms with Gasteiger partial charge in [-0.2, -0.15) is 4.31 Å². The van der Waals surface area contributed by atoms with Gasteiger partial charge in [0.25, 0.3) is 0 Å². The van der Waals surface area contributed by atoms with Gasteiger partial charge in [0.15, 0.2) is 0 Å². The highest BCUT2D eigenvalue weighted by Crippen LogP contribution is 2.25. The quantitative estimate of drug-likeness (QED) is 0.914. The van der Waals surface area contributed by atoms with E-state index >= 15 is 0 Å². The summed E-state index contributed by atoms with van der Waals surface area (Å²) in [7, 11) is -2.07. The highest BCUT2D eigenvalue weighted by atomic mass is 32.2. The van der Waals surface area contributed by atoms with E-state index in [-0.39, 0.29) is 11.4 Å². The largest absolute Gasteiger partial charge is 0.388 e. The third-order valence-corrected chi connectivity index (χ3v) is 5.63. The Hall–Kier alpha value is -0.950. The molecule has 0 aliphatic carbocycles. The van der Waals surface area contributed by atoms with Crippen molar-refractivity contribution in [3.05, 3.63) is 29.3 Å². The van der Waals surface area contributed by atoms with E-state index < -0.39 is 15.6 Å². The molecule has 21 heavy (non-hydrogen) atoms. The molecule has 1 saturated heterocycles. The minimum atomic E-state index is -3.59. The summed E-state index contributed by atoms with van der Waals surface area (Å²) >= 11 is 0. The summed E-state index contributed by atoms with van der Waals surface area (Å²) in [5.41, 5.74) is 0.817. The molecule has 0 radical (unpaired) electrons. The first-order chi connectivity index (χ1) is 9.73. The van der Waals surface area contributed by atoms with Crippen molar-refractivity contribution in [2.24, 2.45) is 0 Å². The van der Waals surface area contributed by atoms with Crippen LogP contribution in [0.3, 0.4) is 0 Å². The number of hydrogen-bond donors (Lipinski definition) is 1. The van der Waals surface area contributed by atoms with Crippen molar-refractivity contribution >= 4 is 10.0 Å². The van der Waals surface area contributed by atoms with Crippen LogP contribution in [0.25, 0.3) is 0 Å². The molecule has 1 aliphatic heterocycles. The first-order valence-corrected chi connectivity index (χ1v) is 8.52. The number of aliphatic hydroxyl groups is 1. The van der Waals surface area contributed by atoms with Gasteiger partial charge >= 0.3 is 0 Å². The summed E-state index contributed by atoms with van der Waals surface area (Å²) in [6.45, 7) is 4.77. The molecule has 1 aromatic carbocycles. The number of nitrogens with zero attached hydrogens (tertiary/aromatic N) is 1. The van der Waals surface area contributed by atoms with Crippen molar-refractivity contribution in [1.82, 2.24) is 4.31 Å². The second-order valence-electron chi connectivity index (χ2n) is 5.92. The zero-order valence-electron chi connectivity index (χ0n) is 12.8. The van der Waals surface area contributed by atoms with Crippen molar-refractivity contribution in [3.8, 4) is 0 Å². The minimum Gasteiger partial charge on any atom is -0.388 e. The van der Waals surface area contributed by atoms with E-state index in [0.717, 1.165) is 11.1 Å². The van der Waals surface area contributed by atoms with Crippen LogP contribution in [-0.4, -0.2) is 50.2 Å². The zero-order chi connectivity index (χ0) is 15.7. The number of likely N-dealkylation sites (N-methyl/N-ethyl adjacent to an activating group) is 1. The Morgan fingerprint density at radius 2 is 1.71 bits per heavy atom. The average molecular weight is 313 g/mol. The van der Waals surface area contributed by atoms with Gasteiger partial charge in [-0.15, -0.1) is 0 Å². The van der Waals surface area contributed by atoms with Crippen molar-refractivity contribution in [2.45, 2.75) is 37.2 Å². The summed E-state index contributed by atoms with van der Waals surface area (Å²) in [5.74, 6) is 0. The van der Waals surface area contributed by atoms with Crippen molar-refractivity contribution in [1.29, 1.82) is 0 Å². The summed E-state index contributed by atoms with van der Waals surface area (Å²) in [6.07, 6.45) is 0.916. The van der Waals surface area contributed by atoms with Crippen LogP contribution in [0.2, 0.25) is 0 Å². The Kier molecular flexibility index (Phi) is 4.72. The van der Waals surface area contributed by atoms with Gasteiger partial charge in [-0.25, -0.2) is 8.42 Å². The minimum absolute atomic E-state index is 0.0890. The van der Waals surface area contributed by atoms with Crippen LogP contribution in [0.15, 0.2) is 23.1 Å². The third-order valence-electron chi connectivity index (χ3n) is 3.84. The lowest BCUT2D eigenvalue weighted by Crippen LogP contribution is -2.47. The summed E-state index contributed by atoms with van der Waals surface area (Å²) < 4.78 is 31.7. The Morgan fingerprint density at radius 3 is 2.24 bits per heavy atom. The number of aryl methyl sites for hydroxylation is 2. The second kappa shape index (κ2) is 6.04. The van der Waals surface area contributed by atoms with Gasteiger partial charge in [0.05, 0.1) is 10.5 Å². The highest BCUT2D eigenvalue weighted by molar-refractivity contribution is 7.89. The normalized spacial score (nSPS) is 18.9. The first-order valence-electron chi connectivity index (χ1n) is 7.08. The molecule has 0 bridgehead atoms. The lowest BCUT2D eigenvalue weighted by molar-refractivity contribution is -0.0689.